The fourth-order valence-corrected chi connectivity index (χ4v) is 1.74. The van der Waals surface area contributed by atoms with E-state index in [2.05, 4.69) is 15.0 Å². The van der Waals surface area contributed by atoms with Crippen molar-refractivity contribution in [2.75, 3.05) is 6.54 Å². The standard InChI is InChI=1S/C11H14N2O4/c14-10(12-5-4-7-2-1-3-7)8-6-9(11(15)16)17-13-8/h6-7H,1-5H2,(H,12,14)(H,15,16). The smallest absolute Gasteiger partial charge is 0.374 e. The van der Waals surface area contributed by atoms with Gasteiger partial charge >= 0.3 is 5.97 Å². The largest absolute Gasteiger partial charge is 0.475 e. The summed E-state index contributed by atoms with van der Waals surface area (Å²) in [6.07, 6.45) is 4.73. The summed E-state index contributed by atoms with van der Waals surface area (Å²) >= 11 is 0. The van der Waals surface area contributed by atoms with Crippen LogP contribution in [0.5, 0.6) is 0 Å². The minimum atomic E-state index is -1.23. The molecule has 0 atom stereocenters. The Hall–Kier alpha value is -1.85. The summed E-state index contributed by atoms with van der Waals surface area (Å²) in [5.74, 6) is -1.22. The lowest BCUT2D eigenvalue weighted by Gasteiger charge is -2.24. The van der Waals surface area contributed by atoms with Gasteiger partial charge in [-0.15, -0.1) is 0 Å². The molecule has 2 N–H and O–H groups in total. The van der Waals surface area contributed by atoms with Crippen molar-refractivity contribution in [3.63, 3.8) is 0 Å². The van der Waals surface area contributed by atoms with E-state index < -0.39 is 5.97 Å². The molecule has 1 aromatic heterocycles. The number of carbonyl (C=O) groups excluding carboxylic acids is 1. The van der Waals surface area contributed by atoms with Gasteiger partial charge in [-0.1, -0.05) is 24.4 Å². The topological polar surface area (TPSA) is 92.4 Å². The molecule has 1 aliphatic carbocycles. The molecule has 0 radical (unpaired) electrons. The number of aromatic nitrogens is 1. The molecule has 0 saturated heterocycles. The molecule has 92 valence electrons. The number of carboxylic acid groups (broad SMARTS) is 1. The second kappa shape index (κ2) is 4.99. The molecule has 6 heteroatoms. The van der Waals surface area contributed by atoms with E-state index in [1.165, 1.54) is 19.3 Å². The molecule has 1 aromatic rings. The maximum atomic E-state index is 11.5. The van der Waals surface area contributed by atoms with Gasteiger partial charge < -0.3 is 14.9 Å². The van der Waals surface area contributed by atoms with Crippen molar-refractivity contribution in [3.8, 4) is 0 Å². The molecule has 1 heterocycles. The molecule has 0 spiro atoms. The fraction of sp³-hybridized carbons (Fsp3) is 0.545. The van der Waals surface area contributed by atoms with Crippen molar-refractivity contribution in [1.29, 1.82) is 0 Å². The van der Waals surface area contributed by atoms with Crippen LogP contribution in [0.25, 0.3) is 0 Å². The van der Waals surface area contributed by atoms with Gasteiger partial charge in [0.2, 0.25) is 5.76 Å². The van der Waals surface area contributed by atoms with Crippen LogP contribution >= 0.6 is 0 Å². The summed E-state index contributed by atoms with van der Waals surface area (Å²) in [6, 6.07) is 1.13. The molecule has 2 rings (SSSR count). The second-order valence-corrected chi connectivity index (χ2v) is 4.22. The zero-order valence-corrected chi connectivity index (χ0v) is 9.31. The first kappa shape index (κ1) is 11.6. The number of carbonyl (C=O) groups is 2. The van der Waals surface area contributed by atoms with Crippen molar-refractivity contribution in [3.05, 3.63) is 17.5 Å². The first-order valence-corrected chi connectivity index (χ1v) is 5.65. The maximum Gasteiger partial charge on any atom is 0.374 e. The highest BCUT2D eigenvalue weighted by Gasteiger charge is 2.19. The minimum Gasteiger partial charge on any atom is -0.475 e. The van der Waals surface area contributed by atoms with Crippen LogP contribution in [0.3, 0.4) is 0 Å². The molecular formula is C11H14N2O4. The van der Waals surface area contributed by atoms with Gasteiger partial charge in [0.25, 0.3) is 5.91 Å². The number of carboxylic acids is 1. The van der Waals surface area contributed by atoms with Gasteiger partial charge in [-0.2, -0.15) is 0 Å². The number of nitrogens with zero attached hydrogens (tertiary/aromatic N) is 1. The number of nitrogens with one attached hydrogen (secondary N) is 1. The first-order chi connectivity index (χ1) is 8.16. The van der Waals surface area contributed by atoms with E-state index >= 15 is 0 Å². The Balaban J connectivity index is 1.79. The number of rotatable bonds is 5. The summed E-state index contributed by atoms with van der Waals surface area (Å²) in [5.41, 5.74) is 0.0102. The fourth-order valence-electron chi connectivity index (χ4n) is 1.74. The van der Waals surface area contributed by atoms with Crippen molar-refractivity contribution in [2.24, 2.45) is 5.92 Å². The van der Waals surface area contributed by atoms with Crippen LogP contribution in [0.15, 0.2) is 10.6 Å². The van der Waals surface area contributed by atoms with E-state index in [-0.39, 0.29) is 17.4 Å². The van der Waals surface area contributed by atoms with E-state index in [0.717, 1.165) is 18.4 Å². The Morgan fingerprint density at radius 2 is 2.29 bits per heavy atom. The third kappa shape index (κ3) is 2.83. The highest BCUT2D eigenvalue weighted by Crippen LogP contribution is 2.28. The summed E-state index contributed by atoms with van der Waals surface area (Å²) in [7, 11) is 0. The third-order valence-corrected chi connectivity index (χ3v) is 3.02. The van der Waals surface area contributed by atoms with Gasteiger partial charge in [0.1, 0.15) is 0 Å². The summed E-state index contributed by atoms with van der Waals surface area (Å²) in [5, 5.41) is 14.7. The van der Waals surface area contributed by atoms with Gasteiger partial charge in [-0.25, -0.2) is 4.79 Å². The van der Waals surface area contributed by atoms with Crippen LogP contribution < -0.4 is 5.32 Å². The predicted molar refractivity (Wildman–Crippen MR) is 57.8 cm³/mol. The molecule has 0 bridgehead atoms. The summed E-state index contributed by atoms with van der Waals surface area (Å²) in [4.78, 5) is 22.1. The molecule has 1 fully saturated rings. The monoisotopic (exact) mass is 238 g/mol. The van der Waals surface area contributed by atoms with Gasteiger partial charge in [0.15, 0.2) is 5.69 Å². The highest BCUT2D eigenvalue weighted by atomic mass is 16.5. The lowest BCUT2D eigenvalue weighted by Crippen LogP contribution is -2.27. The molecule has 17 heavy (non-hydrogen) atoms. The highest BCUT2D eigenvalue weighted by molar-refractivity contribution is 5.94. The van der Waals surface area contributed by atoms with Crippen molar-refractivity contribution < 1.29 is 19.2 Å². The number of hydrogen-bond acceptors (Lipinski definition) is 4. The van der Waals surface area contributed by atoms with Gasteiger partial charge in [0.05, 0.1) is 0 Å². The van der Waals surface area contributed by atoms with Gasteiger partial charge in [-0.05, 0) is 12.3 Å². The van der Waals surface area contributed by atoms with E-state index in [4.69, 9.17) is 5.11 Å². The summed E-state index contributed by atoms with van der Waals surface area (Å²) < 4.78 is 4.50. The number of aromatic carboxylic acids is 1. The Morgan fingerprint density at radius 3 is 2.82 bits per heavy atom. The molecule has 0 aromatic carbocycles. The van der Waals surface area contributed by atoms with Crippen molar-refractivity contribution in [2.45, 2.75) is 25.7 Å². The predicted octanol–water partition coefficient (Wildman–Crippen LogP) is 1.29. The van der Waals surface area contributed by atoms with Gasteiger partial charge in [0, 0.05) is 12.6 Å². The molecular weight excluding hydrogens is 224 g/mol. The molecule has 0 unspecified atom stereocenters. The zero-order chi connectivity index (χ0) is 12.3. The molecule has 0 aliphatic heterocycles. The molecule has 1 saturated carbocycles. The van der Waals surface area contributed by atoms with E-state index in [1.807, 2.05) is 0 Å². The SMILES string of the molecule is O=C(NCCC1CCC1)c1cc(C(=O)O)on1. The third-order valence-electron chi connectivity index (χ3n) is 3.02. The zero-order valence-electron chi connectivity index (χ0n) is 9.31. The Labute approximate surface area is 98.0 Å². The van der Waals surface area contributed by atoms with Crippen LogP contribution in [0.2, 0.25) is 0 Å². The van der Waals surface area contributed by atoms with Crippen LogP contribution in [0, 0.1) is 5.92 Å². The van der Waals surface area contributed by atoms with Crippen LogP contribution in [-0.2, 0) is 0 Å². The number of amides is 1. The van der Waals surface area contributed by atoms with E-state index in [0.29, 0.717) is 6.54 Å². The van der Waals surface area contributed by atoms with Crippen LogP contribution in [-0.4, -0.2) is 28.7 Å². The van der Waals surface area contributed by atoms with Crippen LogP contribution in [0.1, 0.15) is 46.7 Å². The number of hydrogen-bond donors (Lipinski definition) is 2. The lowest BCUT2D eigenvalue weighted by molar-refractivity contribution is 0.0651. The Bertz CT molecular complexity index is 423. The maximum absolute atomic E-state index is 11.5. The second-order valence-electron chi connectivity index (χ2n) is 4.22. The quantitative estimate of drug-likeness (QED) is 0.806. The minimum absolute atomic E-state index is 0.0102. The van der Waals surface area contributed by atoms with Crippen molar-refractivity contribution >= 4 is 11.9 Å². The molecule has 1 aliphatic rings. The van der Waals surface area contributed by atoms with Gasteiger partial charge in [-0.3, -0.25) is 4.79 Å². The molecule has 1 amide bonds. The average molecular weight is 238 g/mol. The average Bonchev–Trinajstić information content (AvgIpc) is 2.70. The lowest BCUT2D eigenvalue weighted by atomic mass is 9.83. The normalized spacial score (nSPS) is 15.3. The van der Waals surface area contributed by atoms with Crippen molar-refractivity contribution in [1.82, 2.24) is 10.5 Å². The first-order valence-electron chi connectivity index (χ1n) is 5.65. The molecule has 6 nitrogen and oxygen atoms in total. The Morgan fingerprint density at radius 1 is 1.53 bits per heavy atom. The summed E-state index contributed by atoms with van der Waals surface area (Å²) in [6.45, 7) is 0.596. The van der Waals surface area contributed by atoms with E-state index in [1.54, 1.807) is 0 Å². The van der Waals surface area contributed by atoms with Crippen LogP contribution in [0.4, 0.5) is 0 Å². The Kier molecular flexibility index (Phi) is 3.41. The van der Waals surface area contributed by atoms with E-state index in [9.17, 15) is 9.59 Å².